The molecule has 38 heavy (non-hydrogen) atoms. The summed E-state index contributed by atoms with van der Waals surface area (Å²) < 4.78 is 0. The third-order valence-corrected chi connectivity index (χ3v) is 8.46. The highest BCUT2D eigenvalue weighted by Gasteiger charge is 2.34. The van der Waals surface area contributed by atoms with Crippen LogP contribution in [0.5, 0.6) is 0 Å². The van der Waals surface area contributed by atoms with Crippen LogP contribution >= 0.6 is 0 Å². The predicted octanol–water partition coefficient (Wildman–Crippen LogP) is 5.25. The Bertz CT molecular complexity index is 1160. The summed E-state index contributed by atoms with van der Waals surface area (Å²) in [6, 6.07) is 18.1. The van der Waals surface area contributed by atoms with Gasteiger partial charge in [0.25, 0.3) is 0 Å². The summed E-state index contributed by atoms with van der Waals surface area (Å²) in [4.78, 5) is 37.4. The fourth-order valence-electron chi connectivity index (χ4n) is 6.27. The zero-order chi connectivity index (χ0) is 26.5. The van der Waals surface area contributed by atoms with Gasteiger partial charge in [-0.2, -0.15) is 5.10 Å². The molecular weight excluding hydrogens is 478 g/mol. The lowest BCUT2D eigenvalue weighted by Gasteiger charge is -2.30. The summed E-state index contributed by atoms with van der Waals surface area (Å²) in [6.07, 6.45) is 8.15. The standard InChI is InChI=1S/C31H37N3O4/c35-28-19-18-27(22-6-2-1-3-7-22)33-34(28)20-21-10-12-24(13-11-21)29(23-8-4-5-9-23)30(36)32-26-16-14-25(15-17-26)31(37)38/h1-3,6-7,10-13,23,25-26,29H,4-5,8-9,14-20H2,(H,32,36)(H,37,38)/t25-,26+,29?. The van der Waals surface area contributed by atoms with Crippen molar-refractivity contribution in [2.75, 3.05) is 0 Å². The van der Waals surface area contributed by atoms with Gasteiger partial charge in [-0.15, -0.1) is 0 Å². The minimum Gasteiger partial charge on any atom is -0.481 e. The van der Waals surface area contributed by atoms with Crippen LogP contribution in [0.2, 0.25) is 0 Å². The number of nitrogens with one attached hydrogen (secondary N) is 1. The Labute approximate surface area is 224 Å². The largest absolute Gasteiger partial charge is 0.481 e. The van der Waals surface area contributed by atoms with Crippen LogP contribution in [-0.4, -0.2) is 39.7 Å². The van der Waals surface area contributed by atoms with Gasteiger partial charge in [-0.25, -0.2) is 5.01 Å². The first-order valence-corrected chi connectivity index (χ1v) is 14.0. The van der Waals surface area contributed by atoms with Crippen LogP contribution in [0, 0.1) is 11.8 Å². The van der Waals surface area contributed by atoms with E-state index in [0.717, 1.165) is 48.1 Å². The van der Waals surface area contributed by atoms with Crippen molar-refractivity contribution < 1.29 is 19.5 Å². The average Bonchev–Trinajstić information content (AvgIpc) is 3.46. The Hall–Kier alpha value is -3.48. The number of carbonyl (C=O) groups excluding carboxylic acids is 2. The van der Waals surface area contributed by atoms with Gasteiger partial charge in [0.05, 0.1) is 24.1 Å². The summed E-state index contributed by atoms with van der Waals surface area (Å²) in [5, 5.41) is 18.8. The molecule has 5 rings (SSSR count). The first-order chi connectivity index (χ1) is 18.5. The third-order valence-electron chi connectivity index (χ3n) is 8.46. The molecule has 2 saturated carbocycles. The van der Waals surface area contributed by atoms with E-state index in [-0.39, 0.29) is 29.7 Å². The molecule has 2 fully saturated rings. The summed E-state index contributed by atoms with van der Waals surface area (Å²) >= 11 is 0. The van der Waals surface area contributed by atoms with E-state index in [0.29, 0.717) is 51.0 Å². The first-order valence-electron chi connectivity index (χ1n) is 14.0. The zero-order valence-corrected chi connectivity index (χ0v) is 21.9. The van der Waals surface area contributed by atoms with Crippen molar-refractivity contribution in [2.45, 2.75) is 82.7 Å². The van der Waals surface area contributed by atoms with Gasteiger partial charge in [-0.1, -0.05) is 67.4 Å². The molecule has 2 amide bonds. The molecule has 0 bridgehead atoms. The molecule has 0 aromatic heterocycles. The lowest BCUT2D eigenvalue weighted by atomic mass is 9.82. The molecule has 0 spiro atoms. The van der Waals surface area contributed by atoms with E-state index in [2.05, 4.69) is 10.4 Å². The number of aliphatic carboxylic acids is 1. The minimum atomic E-state index is -0.730. The second kappa shape index (κ2) is 11.9. The van der Waals surface area contributed by atoms with Crippen molar-refractivity contribution >= 4 is 23.5 Å². The molecule has 7 heteroatoms. The van der Waals surface area contributed by atoms with Crippen molar-refractivity contribution in [1.82, 2.24) is 10.3 Å². The maximum Gasteiger partial charge on any atom is 0.306 e. The van der Waals surface area contributed by atoms with Crippen LogP contribution in [0.4, 0.5) is 0 Å². The maximum atomic E-state index is 13.5. The van der Waals surface area contributed by atoms with Gasteiger partial charge in [-0.3, -0.25) is 14.4 Å². The van der Waals surface area contributed by atoms with Crippen molar-refractivity contribution in [2.24, 2.45) is 16.9 Å². The van der Waals surface area contributed by atoms with Gasteiger partial charge in [0, 0.05) is 18.9 Å². The number of rotatable bonds is 8. The Kier molecular flexibility index (Phi) is 8.20. The average molecular weight is 516 g/mol. The number of hydrazone groups is 1. The molecule has 2 N–H and O–H groups in total. The second-order valence-electron chi connectivity index (χ2n) is 11.0. The second-order valence-corrected chi connectivity index (χ2v) is 11.0. The van der Waals surface area contributed by atoms with Crippen LogP contribution in [0.3, 0.4) is 0 Å². The van der Waals surface area contributed by atoms with Crippen molar-refractivity contribution in [1.29, 1.82) is 0 Å². The van der Waals surface area contributed by atoms with Crippen LogP contribution < -0.4 is 5.32 Å². The summed E-state index contributed by atoms with van der Waals surface area (Å²) in [7, 11) is 0. The smallest absolute Gasteiger partial charge is 0.306 e. The molecule has 2 aromatic carbocycles. The lowest BCUT2D eigenvalue weighted by Crippen LogP contribution is -2.42. The Morgan fingerprint density at radius 3 is 2.26 bits per heavy atom. The lowest BCUT2D eigenvalue weighted by molar-refractivity contribution is -0.143. The molecule has 7 nitrogen and oxygen atoms in total. The van der Waals surface area contributed by atoms with E-state index in [1.165, 1.54) is 0 Å². The van der Waals surface area contributed by atoms with Crippen molar-refractivity contribution in [3.8, 4) is 0 Å². The van der Waals surface area contributed by atoms with E-state index in [1.807, 2.05) is 54.6 Å². The van der Waals surface area contributed by atoms with E-state index >= 15 is 0 Å². The summed E-state index contributed by atoms with van der Waals surface area (Å²) in [5.41, 5.74) is 3.97. The van der Waals surface area contributed by atoms with Crippen LogP contribution in [-0.2, 0) is 20.9 Å². The highest BCUT2D eigenvalue weighted by molar-refractivity contribution is 6.04. The quantitative estimate of drug-likeness (QED) is 0.502. The number of benzene rings is 2. The molecule has 2 aromatic rings. The van der Waals surface area contributed by atoms with Gasteiger partial charge < -0.3 is 10.4 Å². The number of carboxylic acids is 1. The maximum absolute atomic E-state index is 13.5. The number of amides is 2. The summed E-state index contributed by atoms with van der Waals surface area (Å²) in [6.45, 7) is 0.405. The van der Waals surface area contributed by atoms with Crippen LogP contribution in [0.1, 0.15) is 86.8 Å². The van der Waals surface area contributed by atoms with Crippen molar-refractivity contribution in [3.05, 3.63) is 71.3 Å². The predicted molar refractivity (Wildman–Crippen MR) is 145 cm³/mol. The number of carboxylic acid groups (broad SMARTS) is 1. The zero-order valence-electron chi connectivity index (χ0n) is 21.9. The fraction of sp³-hybridized carbons (Fsp3) is 0.484. The number of hydrogen-bond acceptors (Lipinski definition) is 4. The van der Waals surface area contributed by atoms with Gasteiger partial charge in [0.2, 0.25) is 11.8 Å². The molecule has 1 heterocycles. The van der Waals surface area contributed by atoms with Crippen molar-refractivity contribution in [3.63, 3.8) is 0 Å². The number of hydrogen-bond donors (Lipinski definition) is 2. The molecule has 3 aliphatic rings. The van der Waals surface area contributed by atoms with Gasteiger partial charge in [0.1, 0.15) is 0 Å². The van der Waals surface area contributed by atoms with Gasteiger partial charge in [-0.05, 0) is 61.1 Å². The molecule has 0 radical (unpaired) electrons. The van der Waals surface area contributed by atoms with Crippen LogP contribution in [0.15, 0.2) is 59.7 Å². The highest BCUT2D eigenvalue weighted by atomic mass is 16.4. The Balaban J connectivity index is 1.27. The minimum absolute atomic E-state index is 0.0228. The highest BCUT2D eigenvalue weighted by Crippen LogP contribution is 2.38. The normalized spacial score (nSPS) is 23.1. The monoisotopic (exact) mass is 515 g/mol. The van der Waals surface area contributed by atoms with E-state index < -0.39 is 5.97 Å². The fourth-order valence-corrected chi connectivity index (χ4v) is 6.27. The van der Waals surface area contributed by atoms with E-state index in [4.69, 9.17) is 0 Å². The van der Waals surface area contributed by atoms with Gasteiger partial charge in [0.15, 0.2) is 0 Å². The Morgan fingerprint density at radius 2 is 1.61 bits per heavy atom. The molecular formula is C31H37N3O4. The Morgan fingerprint density at radius 1 is 0.921 bits per heavy atom. The topological polar surface area (TPSA) is 99.1 Å². The molecule has 1 unspecified atom stereocenters. The molecule has 2 aliphatic carbocycles. The molecule has 1 atom stereocenters. The summed E-state index contributed by atoms with van der Waals surface area (Å²) in [5.74, 6) is -0.824. The number of nitrogens with zero attached hydrogens (tertiary/aromatic N) is 2. The SMILES string of the molecule is O=C(N[C@H]1CC[C@@H](C(=O)O)CC1)C(c1ccc(CN2N=C(c3ccccc3)CCC2=O)cc1)C1CCCC1. The molecule has 1 aliphatic heterocycles. The van der Waals surface area contributed by atoms with E-state index in [1.54, 1.807) is 5.01 Å². The molecule has 0 saturated heterocycles. The van der Waals surface area contributed by atoms with E-state index in [9.17, 15) is 19.5 Å². The molecule has 200 valence electrons. The first kappa shape index (κ1) is 26.1. The van der Waals surface area contributed by atoms with Crippen LogP contribution in [0.25, 0.3) is 0 Å². The number of carbonyl (C=O) groups is 3. The van der Waals surface area contributed by atoms with Gasteiger partial charge >= 0.3 is 5.97 Å². The third kappa shape index (κ3) is 6.14.